The van der Waals surface area contributed by atoms with E-state index >= 15 is 0 Å². The van der Waals surface area contributed by atoms with Crippen molar-refractivity contribution in [1.82, 2.24) is 9.78 Å². The molecule has 1 heterocycles. The van der Waals surface area contributed by atoms with E-state index in [0.29, 0.717) is 0 Å². The Kier molecular flexibility index (Phi) is 3.80. The maximum Gasteiger partial charge on any atom is 0.0521 e. The van der Waals surface area contributed by atoms with Crippen LogP contribution in [0.1, 0.15) is 25.3 Å². The van der Waals surface area contributed by atoms with E-state index in [1.54, 1.807) is 0 Å². The first-order valence-corrected chi connectivity index (χ1v) is 4.58. The molecule has 1 aromatic rings. The smallest absolute Gasteiger partial charge is 0.0521 e. The molecule has 0 fully saturated rings. The summed E-state index contributed by atoms with van der Waals surface area (Å²) in [7, 11) is 0. The Morgan fingerprint density at radius 2 is 2.33 bits per heavy atom. The molecule has 0 radical (unpaired) electrons. The van der Waals surface area contributed by atoms with E-state index in [0.717, 1.165) is 25.9 Å². The fourth-order valence-corrected chi connectivity index (χ4v) is 1.18. The minimum absolute atomic E-state index is 0.794. The van der Waals surface area contributed by atoms with Gasteiger partial charge in [-0.3, -0.25) is 4.68 Å². The summed E-state index contributed by atoms with van der Waals surface area (Å²) < 4.78 is 1.96. The Labute approximate surface area is 73.6 Å². The van der Waals surface area contributed by atoms with Crippen molar-refractivity contribution in [1.29, 1.82) is 0 Å². The normalized spacial score (nSPS) is 10.5. The average Bonchev–Trinajstić information content (AvgIpc) is 2.53. The molecule has 3 nitrogen and oxygen atoms in total. The highest BCUT2D eigenvalue weighted by Crippen LogP contribution is 2.02. The first-order chi connectivity index (χ1) is 5.86. The molecule has 0 amide bonds. The number of hydrogen-bond acceptors (Lipinski definition) is 2. The summed E-state index contributed by atoms with van der Waals surface area (Å²) in [5, 5.41) is 4.20. The quantitative estimate of drug-likeness (QED) is 0.669. The SMILES string of the molecule is CCn1cc(CCCCN)cn1. The molecule has 0 aliphatic carbocycles. The second-order valence-electron chi connectivity index (χ2n) is 2.95. The number of nitrogens with two attached hydrogens (primary N) is 1. The zero-order chi connectivity index (χ0) is 8.81. The van der Waals surface area contributed by atoms with Gasteiger partial charge in [-0.15, -0.1) is 0 Å². The summed E-state index contributed by atoms with van der Waals surface area (Å²) in [6, 6.07) is 0. The van der Waals surface area contributed by atoms with E-state index in [9.17, 15) is 0 Å². The highest BCUT2D eigenvalue weighted by Gasteiger charge is 1.95. The van der Waals surface area contributed by atoms with E-state index < -0.39 is 0 Å². The van der Waals surface area contributed by atoms with Crippen LogP contribution in [0.3, 0.4) is 0 Å². The van der Waals surface area contributed by atoms with Gasteiger partial charge in [0.2, 0.25) is 0 Å². The Morgan fingerprint density at radius 3 is 2.92 bits per heavy atom. The van der Waals surface area contributed by atoms with Gasteiger partial charge in [-0.25, -0.2) is 0 Å². The topological polar surface area (TPSA) is 43.8 Å². The number of aryl methyl sites for hydroxylation is 2. The third-order valence-corrected chi connectivity index (χ3v) is 1.93. The largest absolute Gasteiger partial charge is 0.330 e. The summed E-state index contributed by atoms with van der Waals surface area (Å²) >= 11 is 0. The first-order valence-electron chi connectivity index (χ1n) is 4.58. The first kappa shape index (κ1) is 9.26. The summed E-state index contributed by atoms with van der Waals surface area (Å²) in [6.45, 7) is 3.84. The second-order valence-corrected chi connectivity index (χ2v) is 2.95. The molecule has 12 heavy (non-hydrogen) atoms. The molecular weight excluding hydrogens is 150 g/mol. The molecule has 0 aromatic carbocycles. The van der Waals surface area contributed by atoms with Gasteiger partial charge in [0.15, 0.2) is 0 Å². The number of aromatic nitrogens is 2. The van der Waals surface area contributed by atoms with Crippen molar-refractivity contribution in [3.05, 3.63) is 18.0 Å². The fraction of sp³-hybridized carbons (Fsp3) is 0.667. The van der Waals surface area contributed by atoms with Gasteiger partial charge in [-0.2, -0.15) is 5.10 Å². The van der Waals surface area contributed by atoms with E-state index in [1.807, 2.05) is 10.9 Å². The fourth-order valence-electron chi connectivity index (χ4n) is 1.18. The van der Waals surface area contributed by atoms with E-state index in [-0.39, 0.29) is 0 Å². The molecule has 2 N–H and O–H groups in total. The minimum atomic E-state index is 0.794. The maximum atomic E-state index is 5.40. The molecule has 68 valence electrons. The standard InChI is InChI=1S/C9H17N3/c1-2-12-8-9(7-11-12)5-3-4-6-10/h7-8H,2-6,10H2,1H3. The molecule has 0 bridgehead atoms. The van der Waals surface area contributed by atoms with Crippen molar-refractivity contribution in [3.8, 4) is 0 Å². The summed E-state index contributed by atoms with van der Waals surface area (Å²) in [4.78, 5) is 0. The molecule has 0 saturated carbocycles. The van der Waals surface area contributed by atoms with Gasteiger partial charge in [0.1, 0.15) is 0 Å². The van der Waals surface area contributed by atoms with Gasteiger partial charge in [0, 0.05) is 12.7 Å². The summed E-state index contributed by atoms with van der Waals surface area (Å²) in [5.74, 6) is 0. The molecule has 3 heteroatoms. The van der Waals surface area contributed by atoms with E-state index in [4.69, 9.17) is 5.73 Å². The van der Waals surface area contributed by atoms with Gasteiger partial charge in [-0.1, -0.05) is 0 Å². The van der Waals surface area contributed by atoms with Gasteiger partial charge in [-0.05, 0) is 38.3 Å². The lowest BCUT2D eigenvalue weighted by Crippen LogP contribution is -1.98. The monoisotopic (exact) mass is 167 g/mol. The Hall–Kier alpha value is -0.830. The van der Waals surface area contributed by atoms with E-state index in [1.165, 1.54) is 12.0 Å². The van der Waals surface area contributed by atoms with Crippen LogP contribution in [0.2, 0.25) is 0 Å². The van der Waals surface area contributed by atoms with Crippen LogP contribution in [-0.2, 0) is 13.0 Å². The van der Waals surface area contributed by atoms with Crippen LogP contribution in [0.4, 0.5) is 0 Å². The van der Waals surface area contributed by atoms with Crippen LogP contribution in [0.15, 0.2) is 12.4 Å². The molecule has 0 aliphatic heterocycles. The van der Waals surface area contributed by atoms with Crippen LogP contribution in [0.25, 0.3) is 0 Å². The van der Waals surface area contributed by atoms with Crippen LogP contribution in [0, 0.1) is 0 Å². The highest BCUT2D eigenvalue weighted by atomic mass is 15.3. The van der Waals surface area contributed by atoms with Crippen molar-refractivity contribution in [2.24, 2.45) is 5.73 Å². The number of nitrogens with zero attached hydrogens (tertiary/aromatic N) is 2. The Bertz CT molecular complexity index is 217. The molecule has 0 aliphatic rings. The zero-order valence-corrected chi connectivity index (χ0v) is 7.66. The zero-order valence-electron chi connectivity index (χ0n) is 7.66. The van der Waals surface area contributed by atoms with Crippen molar-refractivity contribution in [2.45, 2.75) is 32.7 Å². The predicted molar refractivity (Wildman–Crippen MR) is 49.9 cm³/mol. The Balaban J connectivity index is 2.31. The molecular formula is C9H17N3. The minimum Gasteiger partial charge on any atom is -0.330 e. The van der Waals surface area contributed by atoms with Crippen molar-refractivity contribution in [3.63, 3.8) is 0 Å². The van der Waals surface area contributed by atoms with Gasteiger partial charge in [0.05, 0.1) is 6.20 Å². The molecule has 0 atom stereocenters. The summed E-state index contributed by atoms with van der Waals surface area (Å²) in [6.07, 6.45) is 7.44. The molecule has 1 aromatic heterocycles. The van der Waals surface area contributed by atoms with Crippen LogP contribution >= 0.6 is 0 Å². The molecule has 0 spiro atoms. The third-order valence-electron chi connectivity index (χ3n) is 1.93. The van der Waals surface area contributed by atoms with Crippen molar-refractivity contribution in [2.75, 3.05) is 6.54 Å². The van der Waals surface area contributed by atoms with Crippen LogP contribution < -0.4 is 5.73 Å². The van der Waals surface area contributed by atoms with Gasteiger partial charge < -0.3 is 5.73 Å². The maximum absolute atomic E-state index is 5.40. The van der Waals surface area contributed by atoms with E-state index in [2.05, 4.69) is 18.2 Å². The second kappa shape index (κ2) is 4.93. The van der Waals surface area contributed by atoms with Gasteiger partial charge in [0.25, 0.3) is 0 Å². The van der Waals surface area contributed by atoms with Crippen molar-refractivity contribution >= 4 is 0 Å². The number of unbranched alkanes of at least 4 members (excludes halogenated alkanes) is 1. The third kappa shape index (κ3) is 2.66. The molecule has 1 rings (SSSR count). The molecule has 0 saturated heterocycles. The molecule has 0 unspecified atom stereocenters. The lowest BCUT2D eigenvalue weighted by molar-refractivity contribution is 0.658. The average molecular weight is 167 g/mol. The highest BCUT2D eigenvalue weighted by molar-refractivity contribution is 5.03. The number of rotatable bonds is 5. The Morgan fingerprint density at radius 1 is 1.50 bits per heavy atom. The summed E-state index contributed by atoms with van der Waals surface area (Å²) in [5.41, 5.74) is 6.73. The van der Waals surface area contributed by atoms with Gasteiger partial charge >= 0.3 is 0 Å². The van der Waals surface area contributed by atoms with Crippen molar-refractivity contribution < 1.29 is 0 Å². The van der Waals surface area contributed by atoms with Crippen LogP contribution in [-0.4, -0.2) is 16.3 Å². The lowest BCUT2D eigenvalue weighted by atomic mass is 10.1. The van der Waals surface area contributed by atoms with Crippen LogP contribution in [0.5, 0.6) is 0 Å². The number of hydrogen-bond donors (Lipinski definition) is 1. The lowest BCUT2D eigenvalue weighted by Gasteiger charge is -1.94. The predicted octanol–water partition coefficient (Wildman–Crippen LogP) is 1.18.